The number of hydrogen-bond acceptors (Lipinski definition) is 6. The molecule has 178 valence electrons. The summed E-state index contributed by atoms with van der Waals surface area (Å²) in [7, 11) is 1.34. The van der Waals surface area contributed by atoms with E-state index in [2.05, 4.69) is 4.74 Å². The van der Waals surface area contributed by atoms with Crippen molar-refractivity contribution in [3.8, 4) is 17.2 Å². The van der Waals surface area contributed by atoms with E-state index in [1.807, 2.05) is 42.5 Å². The van der Waals surface area contributed by atoms with Gasteiger partial charge in [-0.1, -0.05) is 35.3 Å². The van der Waals surface area contributed by atoms with Gasteiger partial charge in [-0.05, 0) is 60.9 Å². The van der Waals surface area contributed by atoms with Gasteiger partial charge in [0.25, 0.3) is 0 Å². The molecule has 34 heavy (non-hydrogen) atoms. The van der Waals surface area contributed by atoms with Crippen LogP contribution in [-0.2, 0) is 28.3 Å². The summed E-state index contributed by atoms with van der Waals surface area (Å²) < 4.78 is 22.2. The molecule has 0 N–H and O–H groups in total. The molecule has 3 aromatic carbocycles. The number of carbonyl (C=O) groups is 1. The van der Waals surface area contributed by atoms with E-state index >= 15 is 0 Å². The van der Waals surface area contributed by atoms with Crippen molar-refractivity contribution < 1.29 is 23.7 Å². The lowest BCUT2D eigenvalue weighted by atomic mass is 10.1. The highest BCUT2D eigenvalue weighted by Crippen LogP contribution is 2.42. The van der Waals surface area contributed by atoms with Gasteiger partial charge in [0.05, 0.1) is 18.6 Å². The standard InChI is InChI=1S/C26H24Cl2O5S/c1-30-25(29)15-33-23-10-11-24(26-21(23)3-2-12-31-26)34-16-17-4-7-20(8-5-17)32-14-18-13-19(27)6-9-22(18)28/h4-11,13H,2-3,12,14-16H2,1H3. The molecule has 0 saturated heterocycles. The molecule has 3 aromatic rings. The van der Waals surface area contributed by atoms with Crippen LogP contribution in [0.1, 0.15) is 23.1 Å². The number of fused-ring (bicyclic) bond motifs is 1. The van der Waals surface area contributed by atoms with E-state index in [0.29, 0.717) is 29.0 Å². The van der Waals surface area contributed by atoms with Crippen molar-refractivity contribution >= 4 is 40.9 Å². The minimum Gasteiger partial charge on any atom is -0.492 e. The Morgan fingerprint density at radius 1 is 1.06 bits per heavy atom. The first-order chi connectivity index (χ1) is 16.5. The van der Waals surface area contributed by atoms with Gasteiger partial charge in [-0.3, -0.25) is 0 Å². The van der Waals surface area contributed by atoms with E-state index in [1.54, 1.807) is 23.9 Å². The topological polar surface area (TPSA) is 54.0 Å². The first-order valence-corrected chi connectivity index (χ1v) is 12.5. The van der Waals surface area contributed by atoms with Crippen LogP contribution in [0.3, 0.4) is 0 Å². The van der Waals surface area contributed by atoms with Gasteiger partial charge in [0.15, 0.2) is 6.61 Å². The Labute approximate surface area is 213 Å². The second-order valence-electron chi connectivity index (χ2n) is 7.64. The molecule has 0 unspecified atom stereocenters. The van der Waals surface area contributed by atoms with Crippen LogP contribution < -0.4 is 14.2 Å². The number of esters is 1. The van der Waals surface area contributed by atoms with Gasteiger partial charge >= 0.3 is 5.97 Å². The molecule has 0 aliphatic carbocycles. The Morgan fingerprint density at radius 3 is 2.68 bits per heavy atom. The lowest BCUT2D eigenvalue weighted by Crippen LogP contribution is -2.15. The minimum atomic E-state index is -0.410. The summed E-state index contributed by atoms with van der Waals surface area (Å²) in [5.74, 6) is 2.64. The van der Waals surface area contributed by atoms with Crippen molar-refractivity contribution in [1.82, 2.24) is 0 Å². The fraction of sp³-hybridized carbons (Fsp3) is 0.269. The highest BCUT2D eigenvalue weighted by molar-refractivity contribution is 7.98. The van der Waals surface area contributed by atoms with Crippen LogP contribution in [-0.4, -0.2) is 26.3 Å². The van der Waals surface area contributed by atoms with Gasteiger partial charge in [0.1, 0.15) is 23.9 Å². The van der Waals surface area contributed by atoms with Crippen LogP contribution in [0.5, 0.6) is 17.2 Å². The average molecular weight is 519 g/mol. The maximum Gasteiger partial charge on any atom is 0.343 e. The second kappa shape index (κ2) is 11.7. The van der Waals surface area contributed by atoms with Crippen molar-refractivity contribution in [3.63, 3.8) is 0 Å². The Balaban J connectivity index is 1.37. The molecule has 4 rings (SSSR count). The summed E-state index contributed by atoms with van der Waals surface area (Å²) in [4.78, 5) is 12.5. The van der Waals surface area contributed by atoms with Gasteiger partial charge in [0, 0.05) is 26.9 Å². The normalized spacial score (nSPS) is 12.4. The molecule has 0 radical (unpaired) electrons. The third-order valence-corrected chi connectivity index (χ3v) is 7.01. The van der Waals surface area contributed by atoms with E-state index in [9.17, 15) is 4.79 Å². The molecule has 0 atom stereocenters. The molecule has 0 fully saturated rings. The zero-order valence-electron chi connectivity index (χ0n) is 18.6. The molecule has 8 heteroatoms. The van der Waals surface area contributed by atoms with Gasteiger partial charge in [-0.15, -0.1) is 11.8 Å². The fourth-order valence-corrected chi connectivity index (χ4v) is 4.87. The summed E-state index contributed by atoms with van der Waals surface area (Å²) >= 11 is 13.9. The van der Waals surface area contributed by atoms with Gasteiger partial charge in [-0.25, -0.2) is 4.79 Å². The monoisotopic (exact) mass is 518 g/mol. The number of thioether (sulfide) groups is 1. The number of methoxy groups -OCH3 is 1. The second-order valence-corrected chi connectivity index (χ2v) is 9.50. The number of ether oxygens (including phenoxy) is 4. The Morgan fingerprint density at radius 2 is 1.88 bits per heavy atom. The van der Waals surface area contributed by atoms with Crippen LogP contribution in [0.15, 0.2) is 59.5 Å². The van der Waals surface area contributed by atoms with E-state index in [4.69, 9.17) is 37.4 Å². The van der Waals surface area contributed by atoms with Crippen LogP contribution >= 0.6 is 35.0 Å². The molecule has 5 nitrogen and oxygen atoms in total. The number of carbonyl (C=O) groups excluding carboxylic acids is 1. The van der Waals surface area contributed by atoms with Gasteiger partial charge < -0.3 is 18.9 Å². The molecule has 1 heterocycles. The molecular weight excluding hydrogens is 495 g/mol. The average Bonchev–Trinajstić information content (AvgIpc) is 2.87. The largest absolute Gasteiger partial charge is 0.492 e. The SMILES string of the molecule is COC(=O)COc1ccc(SCc2ccc(OCc3cc(Cl)ccc3Cl)cc2)c2c1CCCO2. The summed E-state index contributed by atoms with van der Waals surface area (Å²) in [5, 5.41) is 1.26. The third kappa shape index (κ3) is 6.32. The Bertz CT molecular complexity index is 1150. The zero-order valence-corrected chi connectivity index (χ0v) is 21.0. The van der Waals surface area contributed by atoms with Gasteiger partial charge in [0.2, 0.25) is 0 Å². The summed E-state index contributed by atoms with van der Waals surface area (Å²) in [6.07, 6.45) is 1.76. The zero-order chi connectivity index (χ0) is 23.9. The highest BCUT2D eigenvalue weighted by atomic mass is 35.5. The maximum absolute atomic E-state index is 11.4. The van der Waals surface area contributed by atoms with Crippen LogP contribution in [0.25, 0.3) is 0 Å². The van der Waals surface area contributed by atoms with E-state index < -0.39 is 5.97 Å². The Kier molecular flexibility index (Phi) is 8.48. The molecule has 1 aliphatic heterocycles. The molecule has 0 bridgehead atoms. The quantitative estimate of drug-likeness (QED) is 0.231. The number of benzene rings is 3. The molecule has 0 spiro atoms. The van der Waals surface area contributed by atoms with Crippen molar-refractivity contribution in [2.45, 2.75) is 30.1 Å². The molecular formula is C26H24Cl2O5S. The Hall–Kier alpha value is -2.54. The third-order valence-electron chi connectivity index (χ3n) is 5.29. The van der Waals surface area contributed by atoms with Crippen molar-refractivity contribution in [3.05, 3.63) is 81.3 Å². The molecule has 1 aliphatic rings. The van der Waals surface area contributed by atoms with E-state index in [1.165, 1.54) is 7.11 Å². The number of halogens is 2. The predicted molar refractivity (Wildman–Crippen MR) is 135 cm³/mol. The smallest absolute Gasteiger partial charge is 0.343 e. The van der Waals surface area contributed by atoms with Crippen LogP contribution in [0.2, 0.25) is 10.0 Å². The molecule has 0 amide bonds. The fourth-order valence-electron chi connectivity index (χ4n) is 3.51. The molecule has 0 saturated carbocycles. The van der Waals surface area contributed by atoms with Crippen molar-refractivity contribution in [2.75, 3.05) is 20.3 Å². The lowest BCUT2D eigenvalue weighted by molar-refractivity contribution is -0.142. The van der Waals surface area contributed by atoms with E-state index in [0.717, 1.165) is 51.7 Å². The van der Waals surface area contributed by atoms with Gasteiger partial charge in [-0.2, -0.15) is 0 Å². The molecule has 0 aromatic heterocycles. The summed E-state index contributed by atoms with van der Waals surface area (Å²) in [5.41, 5.74) is 3.01. The van der Waals surface area contributed by atoms with E-state index in [-0.39, 0.29) is 6.61 Å². The lowest BCUT2D eigenvalue weighted by Gasteiger charge is -2.23. The first kappa shape index (κ1) is 24.6. The number of rotatable bonds is 9. The van der Waals surface area contributed by atoms with Crippen LogP contribution in [0.4, 0.5) is 0 Å². The highest BCUT2D eigenvalue weighted by Gasteiger charge is 2.20. The maximum atomic E-state index is 11.4. The summed E-state index contributed by atoms with van der Waals surface area (Å²) in [6.45, 7) is 0.901. The van der Waals surface area contributed by atoms with Crippen molar-refractivity contribution in [1.29, 1.82) is 0 Å². The first-order valence-electron chi connectivity index (χ1n) is 10.8. The number of hydrogen-bond donors (Lipinski definition) is 0. The van der Waals surface area contributed by atoms with Crippen molar-refractivity contribution in [2.24, 2.45) is 0 Å². The predicted octanol–water partition coefficient (Wildman–Crippen LogP) is 6.74. The summed E-state index contributed by atoms with van der Waals surface area (Å²) in [6, 6.07) is 17.2. The minimum absolute atomic E-state index is 0.118. The van der Waals surface area contributed by atoms with Crippen LogP contribution in [0, 0.1) is 0 Å².